The molecule has 0 unspecified atom stereocenters. The molecule has 5 nitrogen and oxygen atoms in total. The van der Waals surface area contributed by atoms with E-state index in [-0.39, 0.29) is 31.8 Å². The van der Waals surface area contributed by atoms with Crippen molar-refractivity contribution < 1.29 is 24.2 Å². The SMILES string of the molecule is C=C(COC(C)=O)COC(C)=O.CCO. The first-order valence-corrected chi connectivity index (χ1v) is 4.48. The maximum absolute atomic E-state index is 10.3. The molecule has 0 amide bonds. The fourth-order valence-electron chi connectivity index (χ4n) is 0.449. The van der Waals surface area contributed by atoms with Crippen LogP contribution in [0.3, 0.4) is 0 Å². The van der Waals surface area contributed by atoms with Gasteiger partial charge in [0.2, 0.25) is 0 Å². The van der Waals surface area contributed by atoms with Gasteiger partial charge in [-0.25, -0.2) is 0 Å². The van der Waals surface area contributed by atoms with Crippen LogP contribution in [-0.2, 0) is 19.1 Å². The molecule has 0 aromatic carbocycles. The number of carbonyl (C=O) groups is 2. The molecule has 15 heavy (non-hydrogen) atoms. The molecule has 0 heterocycles. The van der Waals surface area contributed by atoms with Gasteiger partial charge in [-0.2, -0.15) is 0 Å². The summed E-state index contributed by atoms with van der Waals surface area (Å²) in [6.07, 6.45) is 0. The molecule has 0 fully saturated rings. The highest BCUT2D eigenvalue weighted by Crippen LogP contribution is 1.93. The van der Waals surface area contributed by atoms with Crippen molar-refractivity contribution >= 4 is 11.9 Å². The van der Waals surface area contributed by atoms with Crippen LogP contribution in [-0.4, -0.2) is 36.9 Å². The van der Waals surface area contributed by atoms with Gasteiger partial charge in [0, 0.05) is 20.5 Å². The van der Waals surface area contributed by atoms with Gasteiger partial charge in [-0.3, -0.25) is 9.59 Å². The second-order valence-electron chi connectivity index (χ2n) is 2.63. The highest BCUT2D eigenvalue weighted by Gasteiger charge is 1.99. The van der Waals surface area contributed by atoms with Crippen LogP contribution >= 0.6 is 0 Å². The predicted octanol–water partition coefficient (Wildman–Crippen LogP) is 0.667. The fraction of sp³-hybridized carbons (Fsp3) is 0.600. The standard InChI is InChI=1S/C8H12O4.C2H6O/c1-6(4-11-7(2)9)5-12-8(3)10;1-2-3/h1,4-5H2,2-3H3;3H,2H2,1H3. The highest BCUT2D eigenvalue weighted by molar-refractivity contribution is 5.66. The fourth-order valence-corrected chi connectivity index (χ4v) is 0.449. The van der Waals surface area contributed by atoms with E-state index in [0.717, 1.165) is 0 Å². The molecule has 5 heteroatoms. The summed E-state index contributed by atoms with van der Waals surface area (Å²) in [4.78, 5) is 20.6. The van der Waals surface area contributed by atoms with Gasteiger partial charge in [0.15, 0.2) is 0 Å². The third-order valence-corrected chi connectivity index (χ3v) is 0.959. The van der Waals surface area contributed by atoms with Crippen molar-refractivity contribution in [3.8, 4) is 0 Å². The summed E-state index contributed by atoms with van der Waals surface area (Å²) in [5.41, 5.74) is 0.556. The third-order valence-electron chi connectivity index (χ3n) is 0.959. The highest BCUT2D eigenvalue weighted by atomic mass is 16.5. The van der Waals surface area contributed by atoms with Crippen LogP contribution in [0.2, 0.25) is 0 Å². The lowest BCUT2D eigenvalue weighted by Gasteiger charge is -2.05. The van der Waals surface area contributed by atoms with Crippen molar-refractivity contribution in [3.05, 3.63) is 12.2 Å². The van der Waals surface area contributed by atoms with E-state index in [0.29, 0.717) is 5.57 Å². The van der Waals surface area contributed by atoms with Crippen LogP contribution in [0.15, 0.2) is 12.2 Å². The molecule has 0 saturated carbocycles. The van der Waals surface area contributed by atoms with Crippen molar-refractivity contribution in [2.45, 2.75) is 20.8 Å². The molecule has 0 aliphatic rings. The number of ether oxygens (including phenoxy) is 2. The molecule has 0 aromatic rings. The van der Waals surface area contributed by atoms with E-state index in [1.807, 2.05) is 0 Å². The van der Waals surface area contributed by atoms with E-state index in [1.165, 1.54) is 13.8 Å². The number of esters is 2. The summed E-state index contributed by atoms with van der Waals surface area (Å²) in [5, 5.41) is 7.57. The Balaban J connectivity index is 0. The zero-order chi connectivity index (χ0) is 12.3. The maximum Gasteiger partial charge on any atom is 0.302 e. The summed E-state index contributed by atoms with van der Waals surface area (Å²) >= 11 is 0. The molecule has 0 radical (unpaired) electrons. The van der Waals surface area contributed by atoms with E-state index in [1.54, 1.807) is 6.92 Å². The van der Waals surface area contributed by atoms with E-state index in [9.17, 15) is 9.59 Å². The van der Waals surface area contributed by atoms with E-state index in [4.69, 9.17) is 5.11 Å². The van der Waals surface area contributed by atoms with Crippen LogP contribution in [0.25, 0.3) is 0 Å². The molecule has 0 aliphatic carbocycles. The molecule has 0 aliphatic heterocycles. The zero-order valence-corrected chi connectivity index (χ0v) is 9.41. The Morgan fingerprint density at radius 1 is 1.13 bits per heavy atom. The van der Waals surface area contributed by atoms with Gasteiger partial charge >= 0.3 is 11.9 Å². The van der Waals surface area contributed by atoms with Crippen molar-refractivity contribution in [2.24, 2.45) is 0 Å². The molecule has 0 spiro atoms. The van der Waals surface area contributed by atoms with Crippen LogP contribution in [0.1, 0.15) is 20.8 Å². The average molecular weight is 218 g/mol. The topological polar surface area (TPSA) is 72.8 Å². The van der Waals surface area contributed by atoms with Crippen molar-refractivity contribution in [2.75, 3.05) is 19.8 Å². The first-order valence-electron chi connectivity index (χ1n) is 4.48. The molecule has 0 bridgehead atoms. The molecule has 0 rings (SSSR count). The van der Waals surface area contributed by atoms with E-state index >= 15 is 0 Å². The Morgan fingerprint density at radius 3 is 1.60 bits per heavy atom. The number of aliphatic hydroxyl groups is 1. The second kappa shape index (κ2) is 10.7. The van der Waals surface area contributed by atoms with Crippen LogP contribution in [0.5, 0.6) is 0 Å². The van der Waals surface area contributed by atoms with Gasteiger partial charge in [0.1, 0.15) is 13.2 Å². The molecular weight excluding hydrogens is 200 g/mol. The van der Waals surface area contributed by atoms with Crippen molar-refractivity contribution in [1.29, 1.82) is 0 Å². The molecule has 0 saturated heterocycles. The van der Waals surface area contributed by atoms with Crippen LogP contribution < -0.4 is 0 Å². The maximum atomic E-state index is 10.3. The van der Waals surface area contributed by atoms with E-state index < -0.39 is 0 Å². The monoisotopic (exact) mass is 218 g/mol. The van der Waals surface area contributed by atoms with Crippen LogP contribution in [0.4, 0.5) is 0 Å². The van der Waals surface area contributed by atoms with E-state index in [2.05, 4.69) is 16.1 Å². The van der Waals surface area contributed by atoms with Crippen molar-refractivity contribution in [1.82, 2.24) is 0 Å². The molecular formula is C10H18O5. The largest absolute Gasteiger partial charge is 0.461 e. The molecule has 88 valence electrons. The van der Waals surface area contributed by atoms with Crippen molar-refractivity contribution in [3.63, 3.8) is 0 Å². The Bertz CT molecular complexity index is 190. The molecule has 1 N–H and O–H groups in total. The minimum atomic E-state index is -0.376. The summed E-state index contributed by atoms with van der Waals surface area (Å²) in [6, 6.07) is 0. The normalized spacial score (nSPS) is 8.27. The molecule has 0 atom stereocenters. The van der Waals surface area contributed by atoms with Gasteiger partial charge in [0.05, 0.1) is 0 Å². The van der Waals surface area contributed by atoms with Gasteiger partial charge in [-0.05, 0) is 12.5 Å². The smallest absolute Gasteiger partial charge is 0.302 e. The average Bonchev–Trinajstić information content (AvgIpc) is 2.12. The Labute approximate surface area is 89.7 Å². The quantitative estimate of drug-likeness (QED) is 0.554. The number of aliphatic hydroxyl groups excluding tert-OH is 1. The summed E-state index contributed by atoms with van der Waals surface area (Å²) < 4.78 is 9.21. The Morgan fingerprint density at radius 2 is 1.40 bits per heavy atom. The van der Waals surface area contributed by atoms with Gasteiger partial charge in [0.25, 0.3) is 0 Å². The number of rotatable bonds is 4. The number of hydrogen-bond acceptors (Lipinski definition) is 5. The van der Waals surface area contributed by atoms with Crippen LogP contribution in [0, 0.1) is 0 Å². The number of carbonyl (C=O) groups excluding carboxylic acids is 2. The number of hydrogen-bond donors (Lipinski definition) is 1. The zero-order valence-electron chi connectivity index (χ0n) is 9.41. The first-order chi connectivity index (χ1) is 6.93. The predicted molar refractivity (Wildman–Crippen MR) is 55.2 cm³/mol. The lowest BCUT2D eigenvalue weighted by molar-refractivity contribution is -0.141. The Kier molecular flexibility index (Phi) is 11.5. The summed E-state index contributed by atoms with van der Waals surface area (Å²) in [6.45, 7) is 8.28. The lowest BCUT2D eigenvalue weighted by atomic mass is 10.3. The molecule has 0 aromatic heterocycles. The minimum absolute atomic E-state index is 0.0998. The van der Waals surface area contributed by atoms with Gasteiger partial charge in [-0.15, -0.1) is 0 Å². The lowest BCUT2D eigenvalue weighted by Crippen LogP contribution is -2.09. The summed E-state index contributed by atoms with van der Waals surface area (Å²) in [5.74, 6) is -0.752. The third kappa shape index (κ3) is 19.2. The minimum Gasteiger partial charge on any atom is -0.461 e. The summed E-state index contributed by atoms with van der Waals surface area (Å²) in [7, 11) is 0. The Hall–Kier alpha value is -1.36. The van der Waals surface area contributed by atoms with Gasteiger partial charge < -0.3 is 14.6 Å². The second-order valence-corrected chi connectivity index (χ2v) is 2.63. The van der Waals surface area contributed by atoms with Gasteiger partial charge in [-0.1, -0.05) is 6.58 Å². The first kappa shape index (κ1) is 16.1.